The molecule has 1 fully saturated rings. The van der Waals surface area contributed by atoms with Crippen molar-refractivity contribution in [1.82, 2.24) is 4.31 Å². The highest BCUT2D eigenvalue weighted by atomic mass is 32.2. The zero-order valence-electron chi connectivity index (χ0n) is 17.2. The minimum absolute atomic E-state index is 0.183. The van der Waals surface area contributed by atoms with Crippen LogP contribution in [0.5, 0.6) is 0 Å². The molecule has 1 saturated heterocycles. The lowest BCUT2D eigenvalue weighted by Crippen LogP contribution is -2.32. The number of carbonyl (C=O) groups is 1. The SMILES string of the molecule is CC[C@@H](C)c1ccccc1NC(=O)c1cccc(S(=O)(=O)N2CCCCCC2)c1. The van der Waals surface area contributed by atoms with Gasteiger partial charge in [-0.3, -0.25) is 4.79 Å². The van der Waals surface area contributed by atoms with Crippen LogP contribution in [0.1, 0.15) is 67.8 Å². The molecule has 0 aliphatic carbocycles. The molecule has 0 saturated carbocycles. The predicted octanol–water partition coefficient (Wildman–Crippen LogP) is 5.02. The second-order valence-electron chi connectivity index (χ2n) is 7.70. The van der Waals surface area contributed by atoms with Crippen LogP contribution in [0.2, 0.25) is 0 Å². The van der Waals surface area contributed by atoms with Crippen molar-refractivity contribution in [3.8, 4) is 0 Å². The predicted molar refractivity (Wildman–Crippen MR) is 117 cm³/mol. The molecule has 2 aromatic rings. The summed E-state index contributed by atoms with van der Waals surface area (Å²) in [4.78, 5) is 13.1. The Morgan fingerprint density at radius 1 is 1.03 bits per heavy atom. The maximum atomic E-state index is 13.0. The highest BCUT2D eigenvalue weighted by Crippen LogP contribution is 2.27. The van der Waals surface area contributed by atoms with Crippen LogP contribution in [0.3, 0.4) is 0 Å². The lowest BCUT2D eigenvalue weighted by molar-refractivity contribution is 0.102. The van der Waals surface area contributed by atoms with Gasteiger partial charge in [-0.15, -0.1) is 0 Å². The first-order chi connectivity index (χ1) is 13.9. The van der Waals surface area contributed by atoms with Crippen molar-refractivity contribution >= 4 is 21.6 Å². The van der Waals surface area contributed by atoms with E-state index in [4.69, 9.17) is 0 Å². The van der Waals surface area contributed by atoms with Gasteiger partial charge in [0, 0.05) is 24.3 Å². The molecule has 1 N–H and O–H groups in total. The first kappa shape index (κ1) is 21.5. The van der Waals surface area contributed by atoms with Crippen LogP contribution in [-0.2, 0) is 10.0 Å². The Hall–Kier alpha value is -2.18. The molecule has 0 bridgehead atoms. The standard InChI is InChI=1S/C23H30N2O3S/c1-3-18(2)21-13-6-7-14-22(21)24-23(26)19-11-10-12-20(17-19)29(27,28)25-15-8-4-5-9-16-25/h6-7,10-14,17-18H,3-5,8-9,15-16H2,1-2H3,(H,24,26)/t18-/m1/s1. The summed E-state index contributed by atoms with van der Waals surface area (Å²) in [5.41, 5.74) is 2.20. The Morgan fingerprint density at radius 3 is 2.41 bits per heavy atom. The van der Waals surface area contributed by atoms with Gasteiger partial charge >= 0.3 is 0 Å². The molecule has 6 heteroatoms. The third kappa shape index (κ3) is 5.06. The van der Waals surface area contributed by atoms with E-state index in [1.165, 1.54) is 6.07 Å². The van der Waals surface area contributed by atoms with Crippen LogP contribution >= 0.6 is 0 Å². The number of hydrogen-bond donors (Lipinski definition) is 1. The molecular weight excluding hydrogens is 384 g/mol. The number of benzene rings is 2. The maximum Gasteiger partial charge on any atom is 0.255 e. The fourth-order valence-corrected chi connectivity index (χ4v) is 5.25. The monoisotopic (exact) mass is 414 g/mol. The summed E-state index contributed by atoms with van der Waals surface area (Å²) in [6.45, 7) is 5.32. The number of para-hydroxylation sites is 1. The van der Waals surface area contributed by atoms with E-state index in [9.17, 15) is 13.2 Å². The van der Waals surface area contributed by atoms with Crippen LogP contribution in [-0.4, -0.2) is 31.7 Å². The van der Waals surface area contributed by atoms with E-state index in [0.29, 0.717) is 24.6 Å². The number of amides is 1. The van der Waals surface area contributed by atoms with Gasteiger partial charge in [0.2, 0.25) is 10.0 Å². The van der Waals surface area contributed by atoms with Crippen molar-refractivity contribution in [2.24, 2.45) is 0 Å². The van der Waals surface area contributed by atoms with E-state index in [1.807, 2.05) is 24.3 Å². The van der Waals surface area contributed by atoms with Gasteiger partial charge in [0.15, 0.2) is 0 Å². The van der Waals surface area contributed by atoms with E-state index < -0.39 is 10.0 Å². The van der Waals surface area contributed by atoms with Crippen molar-refractivity contribution < 1.29 is 13.2 Å². The summed E-state index contributed by atoms with van der Waals surface area (Å²) in [6.07, 6.45) is 4.85. The highest BCUT2D eigenvalue weighted by Gasteiger charge is 2.26. The Balaban J connectivity index is 1.83. The van der Waals surface area contributed by atoms with Gasteiger partial charge in [-0.25, -0.2) is 8.42 Å². The fraction of sp³-hybridized carbons (Fsp3) is 0.435. The quantitative estimate of drug-likeness (QED) is 0.722. The smallest absolute Gasteiger partial charge is 0.255 e. The molecule has 0 radical (unpaired) electrons. The third-order valence-corrected chi connectivity index (χ3v) is 7.55. The van der Waals surface area contributed by atoms with Crippen LogP contribution in [0, 0.1) is 0 Å². The molecule has 5 nitrogen and oxygen atoms in total. The first-order valence-electron chi connectivity index (χ1n) is 10.4. The van der Waals surface area contributed by atoms with E-state index >= 15 is 0 Å². The molecule has 1 heterocycles. The summed E-state index contributed by atoms with van der Waals surface area (Å²) in [5, 5.41) is 2.96. The number of rotatable bonds is 6. The van der Waals surface area contributed by atoms with E-state index in [1.54, 1.807) is 22.5 Å². The zero-order chi connectivity index (χ0) is 20.9. The molecule has 3 rings (SSSR count). The van der Waals surface area contributed by atoms with Crippen LogP contribution < -0.4 is 5.32 Å². The lowest BCUT2D eigenvalue weighted by Gasteiger charge is -2.20. The van der Waals surface area contributed by atoms with Gasteiger partial charge in [0.25, 0.3) is 5.91 Å². The zero-order valence-corrected chi connectivity index (χ0v) is 18.0. The van der Waals surface area contributed by atoms with Crippen LogP contribution in [0.4, 0.5) is 5.69 Å². The van der Waals surface area contributed by atoms with Crippen molar-refractivity contribution in [2.75, 3.05) is 18.4 Å². The summed E-state index contributed by atoms with van der Waals surface area (Å²) in [7, 11) is -3.59. The number of carbonyl (C=O) groups excluding carboxylic acids is 1. The maximum absolute atomic E-state index is 13.0. The number of nitrogens with zero attached hydrogens (tertiary/aromatic N) is 1. The average molecular weight is 415 g/mol. The molecule has 156 valence electrons. The average Bonchev–Trinajstić information content (AvgIpc) is 3.04. The van der Waals surface area contributed by atoms with Gasteiger partial charge in [0.1, 0.15) is 0 Å². The number of nitrogens with one attached hydrogen (secondary N) is 1. The van der Waals surface area contributed by atoms with Gasteiger partial charge < -0.3 is 5.32 Å². The Bertz CT molecular complexity index is 948. The topological polar surface area (TPSA) is 66.5 Å². The van der Waals surface area contributed by atoms with Crippen LogP contribution in [0.15, 0.2) is 53.4 Å². The Kier molecular flexibility index (Phi) is 7.09. The summed E-state index contributed by atoms with van der Waals surface area (Å²) in [5.74, 6) is 0.0231. The van der Waals surface area contributed by atoms with E-state index in [-0.39, 0.29) is 10.8 Å². The largest absolute Gasteiger partial charge is 0.322 e. The summed E-state index contributed by atoms with van der Waals surface area (Å²) >= 11 is 0. The lowest BCUT2D eigenvalue weighted by atomic mass is 9.97. The molecular formula is C23H30N2O3S. The van der Waals surface area contributed by atoms with E-state index in [2.05, 4.69) is 19.2 Å². The molecule has 1 amide bonds. The molecule has 29 heavy (non-hydrogen) atoms. The van der Waals surface area contributed by atoms with Gasteiger partial charge in [0.05, 0.1) is 4.90 Å². The van der Waals surface area contributed by atoms with Gasteiger partial charge in [-0.05, 0) is 55.0 Å². The molecule has 1 atom stereocenters. The minimum Gasteiger partial charge on any atom is -0.322 e. The first-order valence-corrected chi connectivity index (χ1v) is 11.9. The Labute approximate surface area is 174 Å². The fourth-order valence-electron chi connectivity index (χ4n) is 3.68. The minimum atomic E-state index is -3.59. The second kappa shape index (κ2) is 9.55. The van der Waals surface area contributed by atoms with E-state index in [0.717, 1.165) is 43.4 Å². The van der Waals surface area contributed by atoms with Crippen molar-refractivity contribution in [3.63, 3.8) is 0 Å². The van der Waals surface area contributed by atoms with Crippen molar-refractivity contribution in [3.05, 3.63) is 59.7 Å². The van der Waals surface area contributed by atoms with Crippen molar-refractivity contribution in [2.45, 2.75) is 56.8 Å². The normalized spacial score (nSPS) is 16.8. The number of hydrogen-bond acceptors (Lipinski definition) is 3. The molecule has 1 aliphatic heterocycles. The van der Waals surface area contributed by atoms with Crippen LogP contribution in [0.25, 0.3) is 0 Å². The van der Waals surface area contributed by atoms with Crippen molar-refractivity contribution in [1.29, 1.82) is 0 Å². The van der Waals surface area contributed by atoms with Gasteiger partial charge in [-0.1, -0.05) is 51.0 Å². The molecule has 0 spiro atoms. The number of anilines is 1. The Morgan fingerprint density at radius 2 is 1.72 bits per heavy atom. The highest BCUT2D eigenvalue weighted by molar-refractivity contribution is 7.89. The third-order valence-electron chi connectivity index (χ3n) is 5.65. The molecule has 0 unspecified atom stereocenters. The van der Waals surface area contributed by atoms with Gasteiger partial charge in [-0.2, -0.15) is 4.31 Å². The molecule has 0 aromatic heterocycles. The second-order valence-corrected chi connectivity index (χ2v) is 9.63. The summed E-state index contributed by atoms with van der Waals surface area (Å²) < 4.78 is 27.7. The molecule has 1 aliphatic rings. The summed E-state index contributed by atoms with van der Waals surface area (Å²) in [6, 6.07) is 14.1. The number of sulfonamides is 1. The molecule has 2 aromatic carbocycles.